The number of nitrogens with zero attached hydrogens (tertiary/aromatic N) is 2. The van der Waals surface area contributed by atoms with Gasteiger partial charge in [-0.3, -0.25) is 5.43 Å². The zero-order chi connectivity index (χ0) is 41.5. The second-order valence-corrected chi connectivity index (χ2v) is 14.3. The Balaban J connectivity index is 1.21. The van der Waals surface area contributed by atoms with Crippen molar-refractivity contribution in [1.29, 1.82) is 0 Å². The summed E-state index contributed by atoms with van der Waals surface area (Å²) in [7, 11) is 0. The summed E-state index contributed by atoms with van der Waals surface area (Å²) >= 11 is 1.43. The van der Waals surface area contributed by atoms with Crippen molar-refractivity contribution >= 4 is 50.8 Å². The molecule has 0 aliphatic carbocycles. The van der Waals surface area contributed by atoms with E-state index in [9.17, 15) is 19.5 Å². The predicted octanol–water partition coefficient (Wildman–Crippen LogP) is 8.53. The van der Waals surface area contributed by atoms with Crippen molar-refractivity contribution in [3.63, 3.8) is 0 Å². The molecule has 5 rings (SSSR count). The first kappa shape index (κ1) is 42.8. The number of hydrazone groups is 1. The van der Waals surface area contributed by atoms with Gasteiger partial charge in [0, 0.05) is 11.6 Å². The van der Waals surface area contributed by atoms with Gasteiger partial charge in [0.1, 0.15) is 29.6 Å². The monoisotopic (exact) mass is 807 g/mol. The molecule has 0 radical (unpaired) electrons. The van der Waals surface area contributed by atoms with E-state index in [-0.39, 0.29) is 29.8 Å². The largest absolute Gasteiger partial charge is 0.494 e. The first-order chi connectivity index (χ1) is 27.9. The van der Waals surface area contributed by atoms with E-state index in [2.05, 4.69) is 28.7 Å². The Morgan fingerprint density at radius 1 is 0.897 bits per heavy atom. The van der Waals surface area contributed by atoms with Crippen LogP contribution in [0, 0.1) is 0 Å². The van der Waals surface area contributed by atoms with Crippen molar-refractivity contribution in [2.24, 2.45) is 5.10 Å². The number of hydrogen-bond acceptors (Lipinski definition) is 14. The lowest BCUT2D eigenvalue weighted by Crippen LogP contribution is -2.34. The number of ether oxygens (including phenoxy) is 6. The lowest BCUT2D eigenvalue weighted by molar-refractivity contribution is -0.198. The molecule has 2 N–H and O–H groups in total. The molecule has 5 aromatic rings. The normalized spacial score (nSPS) is 12.7. The van der Waals surface area contributed by atoms with Crippen molar-refractivity contribution in [1.82, 2.24) is 4.98 Å². The summed E-state index contributed by atoms with van der Waals surface area (Å²) < 4.78 is 34.7. The molecule has 14 heteroatoms. The fraction of sp³-hybridized carbons (Fsp3) is 0.250. The van der Waals surface area contributed by atoms with E-state index < -0.39 is 29.8 Å². The molecule has 13 nitrogen and oxygen atoms in total. The number of para-hydroxylation sites is 1. The van der Waals surface area contributed by atoms with Gasteiger partial charge in [0.25, 0.3) is 0 Å². The molecule has 0 fully saturated rings. The van der Waals surface area contributed by atoms with Crippen molar-refractivity contribution < 1.29 is 47.9 Å². The smallest absolute Gasteiger partial charge is 0.343 e. The van der Waals surface area contributed by atoms with Crippen molar-refractivity contribution in [2.45, 2.75) is 58.0 Å². The highest BCUT2D eigenvalue weighted by Gasteiger charge is 2.23. The Morgan fingerprint density at radius 3 is 2.24 bits per heavy atom. The molecule has 2 atom stereocenters. The number of anilines is 1. The number of aliphatic hydroxyl groups is 1. The summed E-state index contributed by atoms with van der Waals surface area (Å²) in [4.78, 5) is 42.4. The van der Waals surface area contributed by atoms with Crippen LogP contribution in [0.15, 0.2) is 121 Å². The van der Waals surface area contributed by atoms with Crippen LogP contribution in [0.2, 0.25) is 0 Å². The SMILES string of the molecule is C=CC(=O)OCC(CCCCOc1ccc(C(=O)Oc2ccc(OC(=O)c3ccc(OC(C)C)cc3)cc2/C=N/Nc2nc3ccccc3s2)cc1)OC(C)(O)C=C. The van der Waals surface area contributed by atoms with E-state index in [1.165, 1.54) is 42.7 Å². The molecule has 2 unspecified atom stereocenters. The first-order valence-corrected chi connectivity index (χ1v) is 19.3. The molecule has 0 bridgehead atoms. The van der Waals surface area contributed by atoms with E-state index >= 15 is 0 Å². The fourth-order valence-corrected chi connectivity index (χ4v) is 6.09. The number of esters is 3. The highest BCUT2D eigenvalue weighted by Crippen LogP contribution is 2.28. The zero-order valence-corrected chi connectivity index (χ0v) is 33.2. The van der Waals surface area contributed by atoms with E-state index in [1.807, 2.05) is 38.1 Å². The van der Waals surface area contributed by atoms with Gasteiger partial charge in [0.2, 0.25) is 5.13 Å². The standard InChI is InChI=1S/C44H45N3O10S/c1-6-40(48)53-28-36(57-44(5,51)7-2)12-10-11-25-52-33-19-15-31(16-20-33)42(50)56-38-24-23-35(55-41(49)30-17-21-34(22-18-30)54-29(3)4)26-32(38)27-45-47-43-46-37-13-8-9-14-39(37)58-43/h6-9,13-24,26-27,29,36,51H,1-2,10-12,25,28H2,3-5H3,(H,46,47)/b45-27+. The van der Waals surface area contributed by atoms with Crippen LogP contribution in [0.5, 0.6) is 23.0 Å². The van der Waals surface area contributed by atoms with Crippen LogP contribution < -0.4 is 24.4 Å². The molecule has 58 heavy (non-hydrogen) atoms. The van der Waals surface area contributed by atoms with Gasteiger partial charge in [-0.25, -0.2) is 19.4 Å². The van der Waals surface area contributed by atoms with Crippen LogP contribution in [0.25, 0.3) is 10.2 Å². The number of rotatable bonds is 21. The number of hydrogen-bond donors (Lipinski definition) is 2. The number of benzene rings is 4. The second kappa shape index (κ2) is 20.7. The predicted molar refractivity (Wildman–Crippen MR) is 222 cm³/mol. The van der Waals surface area contributed by atoms with Crippen LogP contribution in [-0.2, 0) is 14.3 Å². The maximum Gasteiger partial charge on any atom is 0.343 e. The number of thiazole rings is 1. The molecule has 0 saturated heterocycles. The maximum atomic E-state index is 13.3. The highest BCUT2D eigenvalue weighted by molar-refractivity contribution is 7.22. The Morgan fingerprint density at radius 2 is 1.57 bits per heavy atom. The van der Waals surface area contributed by atoms with Crippen LogP contribution in [0.3, 0.4) is 0 Å². The van der Waals surface area contributed by atoms with Gasteiger partial charge >= 0.3 is 17.9 Å². The second-order valence-electron chi connectivity index (χ2n) is 13.2. The Hall–Kier alpha value is -6.35. The average Bonchev–Trinajstić information content (AvgIpc) is 3.63. The van der Waals surface area contributed by atoms with E-state index in [0.717, 1.165) is 16.3 Å². The quantitative estimate of drug-likeness (QED) is 0.0106. The van der Waals surface area contributed by atoms with Gasteiger partial charge in [-0.1, -0.05) is 36.6 Å². The van der Waals surface area contributed by atoms with Gasteiger partial charge in [-0.2, -0.15) is 5.10 Å². The first-order valence-electron chi connectivity index (χ1n) is 18.5. The fourth-order valence-electron chi connectivity index (χ4n) is 5.27. The number of carbonyl (C=O) groups is 3. The van der Waals surface area contributed by atoms with Gasteiger partial charge in [-0.15, -0.1) is 0 Å². The number of nitrogens with one attached hydrogen (secondary N) is 1. The van der Waals surface area contributed by atoms with Crippen molar-refractivity contribution in [2.75, 3.05) is 18.6 Å². The Labute approximate surface area is 340 Å². The molecule has 0 amide bonds. The van der Waals surface area contributed by atoms with E-state index in [4.69, 9.17) is 28.4 Å². The minimum atomic E-state index is -1.58. The number of aromatic nitrogens is 1. The highest BCUT2D eigenvalue weighted by atomic mass is 32.1. The third-order valence-electron chi connectivity index (χ3n) is 8.16. The van der Waals surface area contributed by atoms with Gasteiger partial charge in [0.05, 0.1) is 46.4 Å². The number of unbranched alkanes of at least 4 members (excludes halogenated alkanes) is 1. The molecular formula is C44H45N3O10S. The van der Waals surface area contributed by atoms with Crippen LogP contribution >= 0.6 is 11.3 Å². The van der Waals surface area contributed by atoms with Crippen LogP contribution in [0.1, 0.15) is 66.3 Å². The summed E-state index contributed by atoms with van der Waals surface area (Å²) in [6.45, 7) is 12.5. The Bertz CT molecular complexity index is 2180. The third-order valence-corrected chi connectivity index (χ3v) is 9.10. The molecule has 302 valence electrons. The van der Waals surface area contributed by atoms with Crippen molar-refractivity contribution in [3.05, 3.63) is 133 Å². The molecule has 0 aliphatic rings. The van der Waals surface area contributed by atoms with E-state index in [0.29, 0.717) is 53.6 Å². The van der Waals surface area contributed by atoms with Crippen LogP contribution in [-0.4, -0.2) is 65.4 Å². The third kappa shape index (κ3) is 13.1. The molecular weight excluding hydrogens is 763 g/mol. The number of fused-ring (bicyclic) bond motifs is 1. The summed E-state index contributed by atoms with van der Waals surface area (Å²) in [6, 6.07) is 25.4. The summed E-state index contributed by atoms with van der Waals surface area (Å²) in [5.74, 6) is -1.82. The van der Waals surface area contributed by atoms with E-state index in [1.54, 1.807) is 54.6 Å². The summed E-state index contributed by atoms with van der Waals surface area (Å²) in [5.41, 5.74) is 4.70. The molecule has 0 saturated carbocycles. The lowest BCUT2D eigenvalue weighted by atomic mass is 10.1. The number of carbonyl (C=O) groups excluding carboxylic acids is 3. The topological polar surface area (TPSA) is 164 Å². The molecule has 0 aliphatic heterocycles. The molecule has 1 aromatic heterocycles. The van der Waals surface area contributed by atoms with Gasteiger partial charge in [-0.05, 0) is 125 Å². The Kier molecular flexibility index (Phi) is 15.3. The lowest BCUT2D eigenvalue weighted by Gasteiger charge is -2.26. The molecule has 4 aromatic carbocycles. The summed E-state index contributed by atoms with van der Waals surface area (Å²) in [6.07, 6.45) is 4.96. The average molecular weight is 808 g/mol. The minimum Gasteiger partial charge on any atom is -0.494 e. The minimum absolute atomic E-state index is 0.00954. The maximum absolute atomic E-state index is 13.3. The van der Waals surface area contributed by atoms with Crippen LogP contribution in [0.4, 0.5) is 5.13 Å². The molecule has 1 heterocycles. The zero-order valence-electron chi connectivity index (χ0n) is 32.4. The molecule has 0 spiro atoms. The van der Waals surface area contributed by atoms with Gasteiger partial charge in [0.15, 0.2) is 5.79 Å². The summed E-state index contributed by atoms with van der Waals surface area (Å²) in [5, 5.41) is 15.1. The van der Waals surface area contributed by atoms with Crippen molar-refractivity contribution in [3.8, 4) is 23.0 Å². The van der Waals surface area contributed by atoms with Gasteiger partial charge < -0.3 is 33.5 Å².